The second-order valence-corrected chi connectivity index (χ2v) is 5.20. The molecule has 3 N–H and O–H groups in total. The lowest BCUT2D eigenvalue weighted by Crippen LogP contribution is -2.27. The van der Waals surface area contributed by atoms with Crippen molar-refractivity contribution in [1.82, 2.24) is 5.32 Å². The SMILES string of the molecule is NC1CCC(NCc2cccc(Br)c2)C1. The van der Waals surface area contributed by atoms with Crippen LogP contribution in [0.4, 0.5) is 0 Å². The standard InChI is InChI=1S/C12H17BrN2/c13-10-3-1-2-9(6-10)8-15-12-5-4-11(14)7-12/h1-3,6,11-12,15H,4-5,7-8,14H2. The van der Waals surface area contributed by atoms with Crippen molar-refractivity contribution in [2.45, 2.75) is 37.9 Å². The van der Waals surface area contributed by atoms with Crippen LogP contribution < -0.4 is 11.1 Å². The van der Waals surface area contributed by atoms with Crippen molar-refractivity contribution in [3.8, 4) is 0 Å². The van der Waals surface area contributed by atoms with Crippen molar-refractivity contribution in [2.75, 3.05) is 0 Å². The number of halogens is 1. The van der Waals surface area contributed by atoms with Gasteiger partial charge >= 0.3 is 0 Å². The first-order valence-electron chi connectivity index (χ1n) is 5.47. The number of nitrogens with one attached hydrogen (secondary N) is 1. The van der Waals surface area contributed by atoms with E-state index in [2.05, 4.69) is 45.5 Å². The molecule has 3 heteroatoms. The van der Waals surface area contributed by atoms with Crippen LogP contribution in [0.3, 0.4) is 0 Å². The highest BCUT2D eigenvalue weighted by atomic mass is 79.9. The molecule has 2 rings (SSSR count). The van der Waals surface area contributed by atoms with Gasteiger partial charge in [-0.15, -0.1) is 0 Å². The Labute approximate surface area is 99.4 Å². The van der Waals surface area contributed by atoms with Gasteiger partial charge in [0.05, 0.1) is 0 Å². The number of benzene rings is 1. The van der Waals surface area contributed by atoms with Crippen molar-refractivity contribution >= 4 is 15.9 Å². The van der Waals surface area contributed by atoms with Crippen LogP contribution in [0.25, 0.3) is 0 Å². The van der Waals surface area contributed by atoms with Gasteiger partial charge in [0.25, 0.3) is 0 Å². The lowest BCUT2D eigenvalue weighted by atomic mass is 10.2. The zero-order valence-corrected chi connectivity index (χ0v) is 10.3. The first-order valence-corrected chi connectivity index (χ1v) is 6.27. The van der Waals surface area contributed by atoms with Crippen molar-refractivity contribution in [3.05, 3.63) is 34.3 Å². The fourth-order valence-corrected chi connectivity index (χ4v) is 2.56. The fraction of sp³-hybridized carbons (Fsp3) is 0.500. The highest BCUT2D eigenvalue weighted by Crippen LogP contribution is 2.18. The average molecular weight is 269 g/mol. The molecule has 0 bridgehead atoms. The van der Waals surface area contributed by atoms with Crippen molar-refractivity contribution in [1.29, 1.82) is 0 Å². The first kappa shape index (κ1) is 11.1. The van der Waals surface area contributed by atoms with Gasteiger partial charge in [-0.05, 0) is 37.0 Å². The molecule has 1 aliphatic rings. The van der Waals surface area contributed by atoms with Gasteiger partial charge in [-0.2, -0.15) is 0 Å². The van der Waals surface area contributed by atoms with E-state index < -0.39 is 0 Å². The zero-order valence-electron chi connectivity index (χ0n) is 8.75. The second kappa shape index (κ2) is 5.10. The Bertz CT molecular complexity index is 327. The molecule has 2 nitrogen and oxygen atoms in total. The summed E-state index contributed by atoms with van der Waals surface area (Å²) in [7, 11) is 0. The Morgan fingerprint density at radius 2 is 2.27 bits per heavy atom. The van der Waals surface area contributed by atoms with E-state index in [0.29, 0.717) is 12.1 Å². The highest BCUT2D eigenvalue weighted by Gasteiger charge is 2.20. The van der Waals surface area contributed by atoms with E-state index in [0.717, 1.165) is 23.9 Å². The van der Waals surface area contributed by atoms with Crippen molar-refractivity contribution in [3.63, 3.8) is 0 Å². The molecule has 1 saturated carbocycles. The molecule has 0 radical (unpaired) electrons. The molecule has 1 aromatic carbocycles. The summed E-state index contributed by atoms with van der Waals surface area (Å²) in [6.07, 6.45) is 3.50. The normalized spacial score (nSPS) is 25.7. The van der Waals surface area contributed by atoms with Gasteiger partial charge in [-0.1, -0.05) is 28.1 Å². The van der Waals surface area contributed by atoms with E-state index in [1.54, 1.807) is 0 Å². The van der Waals surface area contributed by atoms with Crippen LogP contribution in [0, 0.1) is 0 Å². The molecule has 1 fully saturated rings. The molecule has 0 aromatic heterocycles. The molecule has 0 saturated heterocycles. The predicted molar refractivity (Wildman–Crippen MR) is 66.6 cm³/mol. The molecular weight excluding hydrogens is 252 g/mol. The first-order chi connectivity index (χ1) is 7.24. The molecule has 0 heterocycles. The van der Waals surface area contributed by atoms with E-state index in [9.17, 15) is 0 Å². The van der Waals surface area contributed by atoms with Crippen LogP contribution in [0.1, 0.15) is 24.8 Å². The van der Waals surface area contributed by atoms with E-state index in [-0.39, 0.29) is 0 Å². The third-order valence-electron chi connectivity index (χ3n) is 2.96. The number of nitrogens with two attached hydrogens (primary N) is 1. The number of hydrogen-bond donors (Lipinski definition) is 2. The smallest absolute Gasteiger partial charge is 0.0208 e. The monoisotopic (exact) mass is 268 g/mol. The predicted octanol–water partition coefficient (Wildman–Crippen LogP) is 2.42. The molecule has 15 heavy (non-hydrogen) atoms. The number of hydrogen-bond acceptors (Lipinski definition) is 2. The fourth-order valence-electron chi connectivity index (χ4n) is 2.11. The molecule has 0 amide bonds. The summed E-state index contributed by atoms with van der Waals surface area (Å²) in [5, 5.41) is 3.55. The zero-order chi connectivity index (χ0) is 10.7. The Kier molecular flexibility index (Phi) is 3.78. The van der Waals surface area contributed by atoms with E-state index in [1.807, 2.05) is 0 Å². The van der Waals surface area contributed by atoms with Crippen molar-refractivity contribution in [2.24, 2.45) is 5.73 Å². The topological polar surface area (TPSA) is 38.0 Å². The summed E-state index contributed by atoms with van der Waals surface area (Å²) in [6, 6.07) is 9.44. The Balaban J connectivity index is 1.83. The maximum atomic E-state index is 5.87. The van der Waals surface area contributed by atoms with Crippen LogP contribution in [-0.4, -0.2) is 12.1 Å². The maximum Gasteiger partial charge on any atom is 0.0208 e. The highest BCUT2D eigenvalue weighted by molar-refractivity contribution is 9.10. The van der Waals surface area contributed by atoms with Gasteiger partial charge in [-0.3, -0.25) is 0 Å². The minimum atomic E-state index is 0.407. The summed E-state index contributed by atoms with van der Waals surface area (Å²) in [6.45, 7) is 0.941. The lowest BCUT2D eigenvalue weighted by molar-refractivity contribution is 0.517. The molecule has 82 valence electrons. The van der Waals surface area contributed by atoms with E-state index in [1.165, 1.54) is 12.0 Å². The lowest BCUT2D eigenvalue weighted by Gasteiger charge is -2.12. The number of rotatable bonds is 3. The Hall–Kier alpha value is -0.380. The summed E-state index contributed by atoms with van der Waals surface area (Å²) in [5.41, 5.74) is 7.19. The van der Waals surface area contributed by atoms with Gasteiger partial charge in [-0.25, -0.2) is 0 Å². The molecule has 0 spiro atoms. The average Bonchev–Trinajstić information content (AvgIpc) is 2.62. The second-order valence-electron chi connectivity index (χ2n) is 4.28. The van der Waals surface area contributed by atoms with E-state index in [4.69, 9.17) is 5.73 Å². The summed E-state index contributed by atoms with van der Waals surface area (Å²) >= 11 is 3.48. The van der Waals surface area contributed by atoms with Crippen LogP contribution in [0.15, 0.2) is 28.7 Å². The van der Waals surface area contributed by atoms with Gasteiger partial charge < -0.3 is 11.1 Å². The van der Waals surface area contributed by atoms with Gasteiger partial charge in [0, 0.05) is 23.1 Å². The van der Waals surface area contributed by atoms with Crippen LogP contribution in [0.2, 0.25) is 0 Å². The Morgan fingerprint density at radius 1 is 1.40 bits per heavy atom. The molecule has 0 aliphatic heterocycles. The van der Waals surface area contributed by atoms with Gasteiger partial charge in [0.2, 0.25) is 0 Å². The van der Waals surface area contributed by atoms with Crippen molar-refractivity contribution < 1.29 is 0 Å². The summed E-state index contributed by atoms with van der Waals surface area (Å²) in [5.74, 6) is 0. The molecule has 2 unspecified atom stereocenters. The van der Waals surface area contributed by atoms with E-state index >= 15 is 0 Å². The minimum Gasteiger partial charge on any atom is -0.328 e. The molecular formula is C12H17BrN2. The van der Waals surface area contributed by atoms with Crippen LogP contribution >= 0.6 is 15.9 Å². The molecule has 1 aromatic rings. The van der Waals surface area contributed by atoms with Crippen LogP contribution in [-0.2, 0) is 6.54 Å². The van der Waals surface area contributed by atoms with Crippen LogP contribution in [0.5, 0.6) is 0 Å². The maximum absolute atomic E-state index is 5.87. The molecule has 2 atom stereocenters. The largest absolute Gasteiger partial charge is 0.328 e. The summed E-state index contributed by atoms with van der Waals surface area (Å²) < 4.78 is 1.14. The van der Waals surface area contributed by atoms with Gasteiger partial charge in [0.15, 0.2) is 0 Å². The summed E-state index contributed by atoms with van der Waals surface area (Å²) in [4.78, 5) is 0. The Morgan fingerprint density at radius 3 is 2.93 bits per heavy atom. The third-order valence-corrected chi connectivity index (χ3v) is 3.45. The van der Waals surface area contributed by atoms with Gasteiger partial charge in [0.1, 0.15) is 0 Å². The minimum absolute atomic E-state index is 0.407. The third kappa shape index (κ3) is 3.30. The molecule has 1 aliphatic carbocycles. The quantitative estimate of drug-likeness (QED) is 0.884.